The van der Waals surface area contributed by atoms with E-state index in [4.69, 9.17) is 9.73 Å². The van der Waals surface area contributed by atoms with E-state index in [1.54, 1.807) is 11.8 Å². The van der Waals surface area contributed by atoms with E-state index >= 15 is 0 Å². The van der Waals surface area contributed by atoms with E-state index in [-0.39, 0.29) is 5.91 Å². The Hall–Kier alpha value is -1.80. The van der Waals surface area contributed by atoms with Crippen LogP contribution >= 0.6 is 34.4 Å². The molecule has 2 saturated carbocycles. The maximum atomic E-state index is 13.5. The number of aliphatic imine (C=N–C) groups is 1. The number of carbonyl (C=O) groups excluding carboxylic acids is 1. The van der Waals surface area contributed by atoms with Crippen molar-refractivity contribution in [1.29, 1.82) is 0 Å². The first-order chi connectivity index (χ1) is 17.2. The SMILES string of the molecule is O=C1C(=Cc2ccc(OCc3ccc(I)cc3)cc2)SC(=NC2CCCCC2)N1C1CCCCC1. The minimum absolute atomic E-state index is 0.135. The Bertz CT molecular complexity index is 1070. The van der Waals surface area contributed by atoms with Crippen molar-refractivity contribution in [1.82, 2.24) is 4.90 Å². The predicted molar refractivity (Wildman–Crippen MR) is 154 cm³/mol. The Morgan fingerprint density at radius 1 is 0.914 bits per heavy atom. The number of ether oxygens (including phenoxy) is 1. The molecule has 0 aromatic heterocycles. The van der Waals surface area contributed by atoms with Crippen molar-refractivity contribution in [3.8, 4) is 5.75 Å². The predicted octanol–water partition coefficient (Wildman–Crippen LogP) is 7.81. The molecule has 2 aromatic rings. The van der Waals surface area contributed by atoms with Crippen LogP contribution < -0.4 is 4.74 Å². The maximum Gasteiger partial charge on any atom is 0.266 e. The standard InChI is InChI=1S/C29H33IN2O2S/c30-23-15-11-22(12-16-23)20-34-26-17-13-21(14-18-26)19-27-28(33)32(25-9-5-2-6-10-25)29(35-27)31-24-7-3-1-4-8-24/h11-19,24-25H,1-10,20H2. The summed E-state index contributed by atoms with van der Waals surface area (Å²) in [4.78, 5) is 21.5. The molecule has 1 aliphatic heterocycles. The van der Waals surface area contributed by atoms with Crippen LogP contribution in [-0.4, -0.2) is 28.1 Å². The topological polar surface area (TPSA) is 41.9 Å². The summed E-state index contributed by atoms with van der Waals surface area (Å²) in [5.74, 6) is 0.968. The van der Waals surface area contributed by atoms with Gasteiger partial charge in [0.05, 0.1) is 10.9 Å². The molecule has 1 saturated heterocycles. The largest absolute Gasteiger partial charge is 0.489 e. The number of benzene rings is 2. The fraction of sp³-hybridized carbons (Fsp3) is 0.448. The summed E-state index contributed by atoms with van der Waals surface area (Å²) < 4.78 is 7.17. The molecule has 3 fully saturated rings. The van der Waals surface area contributed by atoms with Crippen LogP contribution in [0.2, 0.25) is 0 Å². The molecule has 3 aliphatic rings. The molecule has 1 amide bonds. The van der Waals surface area contributed by atoms with Crippen LogP contribution in [0.15, 0.2) is 58.4 Å². The number of amidine groups is 1. The third-order valence-corrected chi connectivity index (χ3v) is 8.86. The summed E-state index contributed by atoms with van der Waals surface area (Å²) in [5.41, 5.74) is 2.17. The maximum absolute atomic E-state index is 13.5. The molecule has 6 heteroatoms. The van der Waals surface area contributed by atoms with E-state index in [2.05, 4.69) is 46.9 Å². The Morgan fingerprint density at radius 2 is 1.57 bits per heavy atom. The third-order valence-electron chi connectivity index (χ3n) is 7.14. The molecule has 35 heavy (non-hydrogen) atoms. The van der Waals surface area contributed by atoms with E-state index in [9.17, 15) is 4.79 Å². The number of hydrogen-bond donors (Lipinski definition) is 0. The van der Waals surface area contributed by atoms with Crippen LogP contribution in [-0.2, 0) is 11.4 Å². The molecule has 2 aliphatic carbocycles. The average Bonchev–Trinajstić information content (AvgIpc) is 3.19. The van der Waals surface area contributed by atoms with Gasteiger partial charge in [0.25, 0.3) is 5.91 Å². The number of rotatable bonds is 6. The zero-order chi connectivity index (χ0) is 24.0. The Balaban J connectivity index is 1.30. The summed E-state index contributed by atoms with van der Waals surface area (Å²) in [6, 6.07) is 17.1. The highest BCUT2D eigenvalue weighted by molar-refractivity contribution is 14.1. The van der Waals surface area contributed by atoms with Crippen molar-refractivity contribution in [3.63, 3.8) is 0 Å². The zero-order valence-corrected chi connectivity index (χ0v) is 23.1. The molecule has 184 valence electrons. The van der Waals surface area contributed by atoms with Crippen molar-refractivity contribution in [2.75, 3.05) is 0 Å². The minimum Gasteiger partial charge on any atom is -0.489 e. The molecule has 0 N–H and O–H groups in total. The van der Waals surface area contributed by atoms with Gasteiger partial charge < -0.3 is 4.74 Å². The van der Waals surface area contributed by atoms with Gasteiger partial charge in [-0.25, -0.2) is 0 Å². The van der Waals surface area contributed by atoms with Crippen molar-refractivity contribution in [3.05, 3.63) is 68.1 Å². The van der Waals surface area contributed by atoms with Gasteiger partial charge in [-0.05, 0) is 102 Å². The van der Waals surface area contributed by atoms with Crippen molar-refractivity contribution in [2.45, 2.75) is 82.9 Å². The number of amides is 1. The van der Waals surface area contributed by atoms with Gasteiger partial charge >= 0.3 is 0 Å². The molecule has 5 rings (SSSR count). The molecule has 1 heterocycles. The van der Waals surface area contributed by atoms with E-state index in [1.807, 2.05) is 35.2 Å². The fourth-order valence-electron chi connectivity index (χ4n) is 5.16. The lowest BCUT2D eigenvalue weighted by Gasteiger charge is -2.31. The van der Waals surface area contributed by atoms with Gasteiger partial charge in [-0.1, -0.05) is 62.8 Å². The van der Waals surface area contributed by atoms with Crippen LogP contribution in [0.5, 0.6) is 5.75 Å². The monoisotopic (exact) mass is 600 g/mol. The summed E-state index contributed by atoms with van der Waals surface area (Å²) >= 11 is 3.89. The van der Waals surface area contributed by atoms with Crippen LogP contribution in [0, 0.1) is 3.57 Å². The smallest absolute Gasteiger partial charge is 0.266 e. The summed E-state index contributed by atoms with van der Waals surface area (Å²) in [6.07, 6.45) is 14.0. The van der Waals surface area contributed by atoms with Gasteiger partial charge in [-0.15, -0.1) is 0 Å². The van der Waals surface area contributed by atoms with E-state index in [0.29, 0.717) is 18.7 Å². The molecule has 0 unspecified atom stereocenters. The Labute approximate surface area is 226 Å². The lowest BCUT2D eigenvalue weighted by molar-refractivity contribution is -0.124. The Morgan fingerprint density at radius 3 is 2.26 bits per heavy atom. The summed E-state index contributed by atoms with van der Waals surface area (Å²) in [7, 11) is 0. The van der Waals surface area contributed by atoms with Gasteiger partial charge in [-0.3, -0.25) is 14.7 Å². The van der Waals surface area contributed by atoms with E-state index in [1.165, 1.54) is 42.1 Å². The minimum atomic E-state index is 0.135. The molecular weight excluding hydrogens is 567 g/mol. The van der Waals surface area contributed by atoms with Crippen LogP contribution in [0.25, 0.3) is 6.08 Å². The van der Waals surface area contributed by atoms with Gasteiger partial charge in [0.2, 0.25) is 0 Å². The molecule has 0 bridgehead atoms. The van der Waals surface area contributed by atoms with Gasteiger partial charge in [0.1, 0.15) is 12.4 Å². The second-order valence-electron chi connectivity index (χ2n) is 9.77. The number of nitrogens with zero attached hydrogens (tertiary/aromatic N) is 2. The normalized spacial score (nSPS) is 22.3. The van der Waals surface area contributed by atoms with Crippen LogP contribution in [0.4, 0.5) is 0 Å². The van der Waals surface area contributed by atoms with E-state index in [0.717, 1.165) is 52.6 Å². The first kappa shape index (κ1) is 24.9. The summed E-state index contributed by atoms with van der Waals surface area (Å²) in [5, 5.41) is 0.942. The molecule has 4 nitrogen and oxygen atoms in total. The second-order valence-corrected chi connectivity index (χ2v) is 12.0. The number of hydrogen-bond acceptors (Lipinski definition) is 4. The fourth-order valence-corrected chi connectivity index (χ4v) is 6.63. The molecule has 0 radical (unpaired) electrons. The highest BCUT2D eigenvalue weighted by atomic mass is 127. The first-order valence-corrected chi connectivity index (χ1v) is 14.8. The van der Waals surface area contributed by atoms with Crippen molar-refractivity contribution in [2.24, 2.45) is 4.99 Å². The number of halogens is 1. The number of thioether (sulfide) groups is 1. The number of carbonyl (C=O) groups is 1. The van der Waals surface area contributed by atoms with Crippen LogP contribution in [0.1, 0.15) is 75.3 Å². The third kappa shape index (κ3) is 6.50. The van der Waals surface area contributed by atoms with Crippen molar-refractivity contribution < 1.29 is 9.53 Å². The molecule has 0 atom stereocenters. The van der Waals surface area contributed by atoms with E-state index < -0.39 is 0 Å². The second kappa shape index (κ2) is 12.0. The molecular formula is C29H33IN2O2S. The molecule has 0 spiro atoms. The highest BCUT2D eigenvalue weighted by Gasteiger charge is 2.39. The zero-order valence-electron chi connectivity index (χ0n) is 20.1. The lowest BCUT2D eigenvalue weighted by Crippen LogP contribution is -2.41. The van der Waals surface area contributed by atoms with Crippen molar-refractivity contribution >= 4 is 51.5 Å². The van der Waals surface area contributed by atoms with Gasteiger partial charge in [0.15, 0.2) is 5.17 Å². The average molecular weight is 601 g/mol. The summed E-state index contributed by atoms with van der Waals surface area (Å²) in [6.45, 7) is 0.545. The van der Waals surface area contributed by atoms with Gasteiger partial charge in [0, 0.05) is 9.61 Å². The highest BCUT2D eigenvalue weighted by Crippen LogP contribution is 2.38. The lowest BCUT2D eigenvalue weighted by atomic mass is 9.94. The van der Waals surface area contributed by atoms with Gasteiger partial charge in [-0.2, -0.15) is 0 Å². The Kier molecular flexibility index (Phi) is 8.50. The van der Waals surface area contributed by atoms with Crippen LogP contribution in [0.3, 0.4) is 0 Å². The first-order valence-electron chi connectivity index (χ1n) is 12.9. The molecule has 2 aromatic carbocycles. The quantitative estimate of drug-likeness (QED) is 0.251.